The standard InChI is InChI=1S/C19H16Cl2N2O4/c1-11-8-17(24)22-15-4-2-3-5-16(15)23(11)18(25)10-27-19(26)13-7-6-12(20)9-14(13)21/h2-7,9,11H,8,10H2,1H3,(H,22,24). The molecule has 0 aromatic heterocycles. The van der Waals surface area contributed by atoms with Crippen molar-refractivity contribution in [2.75, 3.05) is 16.8 Å². The van der Waals surface area contributed by atoms with Gasteiger partial charge in [-0.3, -0.25) is 9.59 Å². The van der Waals surface area contributed by atoms with Gasteiger partial charge in [-0.15, -0.1) is 0 Å². The Morgan fingerprint density at radius 1 is 1.22 bits per heavy atom. The molecule has 8 heteroatoms. The van der Waals surface area contributed by atoms with E-state index in [9.17, 15) is 14.4 Å². The number of nitrogens with zero attached hydrogens (tertiary/aromatic N) is 1. The number of carbonyl (C=O) groups is 3. The van der Waals surface area contributed by atoms with Crippen LogP contribution in [0.1, 0.15) is 23.7 Å². The third-order valence-corrected chi connectivity index (χ3v) is 4.65. The predicted molar refractivity (Wildman–Crippen MR) is 103 cm³/mol. The van der Waals surface area contributed by atoms with Gasteiger partial charge in [0, 0.05) is 17.5 Å². The van der Waals surface area contributed by atoms with E-state index in [1.54, 1.807) is 31.2 Å². The summed E-state index contributed by atoms with van der Waals surface area (Å²) >= 11 is 11.8. The SMILES string of the molecule is CC1CC(=O)Nc2ccccc2N1C(=O)COC(=O)c1ccc(Cl)cc1Cl. The zero-order valence-electron chi connectivity index (χ0n) is 14.4. The molecule has 0 saturated heterocycles. The Labute approximate surface area is 166 Å². The minimum atomic E-state index is -0.727. The van der Waals surface area contributed by atoms with Crippen LogP contribution in [0.4, 0.5) is 11.4 Å². The number of anilines is 2. The Morgan fingerprint density at radius 3 is 2.70 bits per heavy atom. The number of esters is 1. The van der Waals surface area contributed by atoms with Crippen molar-refractivity contribution in [3.05, 3.63) is 58.1 Å². The van der Waals surface area contributed by atoms with Crippen LogP contribution >= 0.6 is 23.2 Å². The van der Waals surface area contributed by atoms with E-state index in [0.717, 1.165) is 0 Å². The maximum absolute atomic E-state index is 12.8. The van der Waals surface area contributed by atoms with Gasteiger partial charge < -0.3 is 15.0 Å². The molecule has 0 bridgehead atoms. The molecule has 0 saturated carbocycles. The number of rotatable bonds is 3. The monoisotopic (exact) mass is 406 g/mol. The number of para-hydroxylation sites is 2. The summed E-state index contributed by atoms with van der Waals surface area (Å²) in [6.45, 7) is 1.28. The molecule has 2 amide bonds. The number of carbonyl (C=O) groups excluding carboxylic acids is 3. The third kappa shape index (κ3) is 4.23. The number of hydrogen-bond donors (Lipinski definition) is 1. The Morgan fingerprint density at radius 2 is 1.96 bits per heavy atom. The lowest BCUT2D eigenvalue weighted by Gasteiger charge is -2.27. The van der Waals surface area contributed by atoms with Crippen LogP contribution in [0.25, 0.3) is 0 Å². The first-order chi connectivity index (χ1) is 12.9. The van der Waals surface area contributed by atoms with E-state index < -0.39 is 18.5 Å². The largest absolute Gasteiger partial charge is 0.452 e. The minimum absolute atomic E-state index is 0.120. The number of hydrogen-bond acceptors (Lipinski definition) is 4. The van der Waals surface area contributed by atoms with Crippen LogP contribution < -0.4 is 10.2 Å². The molecule has 27 heavy (non-hydrogen) atoms. The lowest BCUT2D eigenvalue weighted by atomic mass is 10.1. The maximum atomic E-state index is 12.8. The first-order valence-electron chi connectivity index (χ1n) is 8.20. The average Bonchev–Trinajstić information content (AvgIpc) is 2.73. The number of amides is 2. The highest BCUT2D eigenvalue weighted by Crippen LogP contribution is 2.31. The van der Waals surface area contributed by atoms with Crippen LogP contribution in [-0.2, 0) is 14.3 Å². The van der Waals surface area contributed by atoms with Gasteiger partial charge in [-0.1, -0.05) is 35.3 Å². The van der Waals surface area contributed by atoms with E-state index in [4.69, 9.17) is 27.9 Å². The summed E-state index contributed by atoms with van der Waals surface area (Å²) in [6.07, 6.45) is 0.136. The van der Waals surface area contributed by atoms with Gasteiger partial charge in [0.25, 0.3) is 5.91 Å². The van der Waals surface area contributed by atoms with Crippen molar-refractivity contribution < 1.29 is 19.1 Å². The lowest BCUT2D eigenvalue weighted by Crippen LogP contribution is -2.41. The molecular weight excluding hydrogens is 391 g/mol. The second-order valence-corrected chi connectivity index (χ2v) is 6.93. The smallest absolute Gasteiger partial charge is 0.340 e. The average molecular weight is 407 g/mol. The molecule has 140 valence electrons. The molecule has 2 aromatic rings. The zero-order valence-corrected chi connectivity index (χ0v) is 15.9. The van der Waals surface area contributed by atoms with Crippen molar-refractivity contribution >= 4 is 52.4 Å². The fourth-order valence-electron chi connectivity index (χ4n) is 2.90. The number of ether oxygens (including phenoxy) is 1. The molecule has 0 fully saturated rings. The Kier molecular flexibility index (Phi) is 5.68. The minimum Gasteiger partial charge on any atom is -0.452 e. The fraction of sp³-hybridized carbons (Fsp3) is 0.211. The number of fused-ring (bicyclic) bond motifs is 1. The lowest BCUT2D eigenvalue weighted by molar-refractivity contribution is -0.122. The number of benzene rings is 2. The quantitative estimate of drug-likeness (QED) is 0.783. The van der Waals surface area contributed by atoms with E-state index in [0.29, 0.717) is 16.4 Å². The van der Waals surface area contributed by atoms with E-state index in [1.807, 2.05) is 0 Å². The summed E-state index contributed by atoms with van der Waals surface area (Å²) in [6, 6.07) is 11.0. The summed E-state index contributed by atoms with van der Waals surface area (Å²) in [5, 5.41) is 3.30. The van der Waals surface area contributed by atoms with E-state index in [-0.39, 0.29) is 29.0 Å². The van der Waals surface area contributed by atoms with Gasteiger partial charge in [0.1, 0.15) is 0 Å². The Balaban J connectivity index is 1.77. The van der Waals surface area contributed by atoms with Crippen LogP contribution in [0.3, 0.4) is 0 Å². The van der Waals surface area contributed by atoms with Gasteiger partial charge >= 0.3 is 5.97 Å². The van der Waals surface area contributed by atoms with E-state index in [2.05, 4.69) is 5.32 Å². The summed E-state index contributed by atoms with van der Waals surface area (Å²) < 4.78 is 5.13. The van der Waals surface area contributed by atoms with Crippen LogP contribution in [0.5, 0.6) is 0 Å². The van der Waals surface area contributed by atoms with Crippen LogP contribution in [0.2, 0.25) is 10.0 Å². The van der Waals surface area contributed by atoms with Gasteiger partial charge in [0.05, 0.1) is 22.0 Å². The van der Waals surface area contributed by atoms with Gasteiger partial charge in [-0.2, -0.15) is 0 Å². The summed E-state index contributed by atoms with van der Waals surface area (Å²) in [7, 11) is 0. The molecule has 0 radical (unpaired) electrons. The van der Waals surface area contributed by atoms with Crippen molar-refractivity contribution in [2.45, 2.75) is 19.4 Å². The molecule has 1 N–H and O–H groups in total. The molecule has 1 unspecified atom stereocenters. The molecule has 1 aliphatic heterocycles. The molecule has 6 nitrogen and oxygen atoms in total. The predicted octanol–water partition coefficient (Wildman–Crippen LogP) is 3.91. The van der Waals surface area contributed by atoms with E-state index >= 15 is 0 Å². The molecule has 1 aliphatic rings. The fourth-order valence-corrected chi connectivity index (χ4v) is 3.38. The number of halogens is 2. The normalized spacial score (nSPS) is 16.2. The van der Waals surface area contributed by atoms with Crippen LogP contribution in [-0.4, -0.2) is 30.4 Å². The second kappa shape index (κ2) is 7.98. The first-order valence-corrected chi connectivity index (χ1v) is 8.95. The van der Waals surface area contributed by atoms with E-state index in [1.165, 1.54) is 23.1 Å². The van der Waals surface area contributed by atoms with Crippen molar-refractivity contribution in [3.63, 3.8) is 0 Å². The Bertz CT molecular complexity index is 916. The Hall–Kier alpha value is -2.57. The summed E-state index contributed by atoms with van der Waals surface area (Å²) in [4.78, 5) is 38.4. The summed E-state index contributed by atoms with van der Waals surface area (Å²) in [5.74, 6) is -1.35. The molecule has 2 aromatic carbocycles. The van der Waals surface area contributed by atoms with Gasteiger partial charge in [0.2, 0.25) is 5.91 Å². The maximum Gasteiger partial charge on any atom is 0.340 e. The van der Waals surface area contributed by atoms with Gasteiger partial charge in [0.15, 0.2) is 6.61 Å². The third-order valence-electron chi connectivity index (χ3n) is 4.11. The molecule has 0 spiro atoms. The van der Waals surface area contributed by atoms with Crippen molar-refractivity contribution in [3.8, 4) is 0 Å². The highest BCUT2D eigenvalue weighted by Gasteiger charge is 2.30. The number of nitrogens with one attached hydrogen (secondary N) is 1. The van der Waals surface area contributed by atoms with Gasteiger partial charge in [-0.25, -0.2) is 4.79 Å². The molecule has 1 heterocycles. The molecule has 3 rings (SSSR count). The van der Waals surface area contributed by atoms with Gasteiger partial charge in [-0.05, 0) is 37.3 Å². The highest BCUT2D eigenvalue weighted by molar-refractivity contribution is 6.36. The zero-order chi connectivity index (χ0) is 19.6. The first kappa shape index (κ1) is 19.2. The molecule has 0 aliphatic carbocycles. The molecule has 1 atom stereocenters. The van der Waals surface area contributed by atoms with Crippen molar-refractivity contribution in [1.82, 2.24) is 0 Å². The van der Waals surface area contributed by atoms with Crippen molar-refractivity contribution in [2.24, 2.45) is 0 Å². The molecular formula is C19H16Cl2N2O4. The topological polar surface area (TPSA) is 75.7 Å². The second-order valence-electron chi connectivity index (χ2n) is 6.08. The van der Waals surface area contributed by atoms with Crippen LogP contribution in [0.15, 0.2) is 42.5 Å². The van der Waals surface area contributed by atoms with Crippen LogP contribution in [0, 0.1) is 0 Å². The summed E-state index contributed by atoms with van der Waals surface area (Å²) in [5.41, 5.74) is 1.21. The highest BCUT2D eigenvalue weighted by atomic mass is 35.5. The van der Waals surface area contributed by atoms with Crippen molar-refractivity contribution in [1.29, 1.82) is 0 Å².